The van der Waals surface area contributed by atoms with Crippen molar-refractivity contribution in [3.63, 3.8) is 0 Å². The summed E-state index contributed by atoms with van der Waals surface area (Å²) in [6.07, 6.45) is 3.11. The van der Waals surface area contributed by atoms with Gasteiger partial charge in [0.2, 0.25) is 5.95 Å². The molecular weight excluding hydrogens is 394 g/mol. The fourth-order valence-corrected chi connectivity index (χ4v) is 3.73. The smallest absolute Gasteiger partial charge is 0.225 e. The van der Waals surface area contributed by atoms with Crippen LogP contribution in [0.4, 0.5) is 5.95 Å². The number of aromatic nitrogens is 3. The quantitative estimate of drug-likeness (QED) is 0.370. The number of aryl methyl sites for hydroxylation is 1. The lowest BCUT2D eigenvalue weighted by Gasteiger charge is -2.13. The molecule has 5 nitrogen and oxygen atoms in total. The van der Waals surface area contributed by atoms with E-state index < -0.39 is 0 Å². The van der Waals surface area contributed by atoms with Crippen molar-refractivity contribution in [3.05, 3.63) is 101 Å². The van der Waals surface area contributed by atoms with E-state index >= 15 is 0 Å². The zero-order valence-electron chi connectivity index (χ0n) is 18.3. The number of nitriles is 1. The highest BCUT2D eigenvalue weighted by atomic mass is 15.3. The van der Waals surface area contributed by atoms with Crippen molar-refractivity contribution >= 4 is 5.95 Å². The van der Waals surface area contributed by atoms with E-state index in [9.17, 15) is 5.26 Å². The van der Waals surface area contributed by atoms with Gasteiger partial charge in [-0.15, -0.1) is 10.2 Å². The van der Waals surface area contributed by atoms with Crippen LogP contribution in [-0.2, 0) is 19.5 Å². The molecule has 3 aromatic carbocycles. The van der Waals surface area contributed by atoms with Crippen LogP contribution in [0.1, 0.15) is 42.3 Å². The number of nitrogens with zero attached hydrogens (tertiary/aromatic N) is 4. The fraction of sp³-hybridized carbons (Fsp3) is 0.222. The number of anilines is 1. The lowest BCUT2D eigenvalue weighted by Crippen LogP contribution is -2.11. The summed E-state index contributed by atoms with van der Waals surface area (Å²) in [5.74, 6) is 1.79. The van der Waals surface area contributed by atoms with Crippen molar-refractivity contribution in [3.8, 4) is 17.2 Å². The van der Waals surface area contributed by atoms with Crippen LogP contribution in [0, 0.1) is 11.3 Å². The molecule has 0 saturated carbocycles. The van der Waals surface area contributed by atoms with E-state index in [2.05, 4.69) is 69.5 Å². The standard InChI is InChI=1S/C27H27N5/c1-2-3-13-26-30-31-27(29-19-21-9-5-4-6-10-21)32(26)20-22-14-16-23(17-15-22)25-12-8-7-11-24(25)18-28/h4-12,14-17H,2-3,13,19-20H2,1H3,(H,29,31). The lowest BCUT2D eigenvalue weighted by molar-refractivity contribution is 0.679. The van der Waals surface area contributed by atoms with Crippen molar-refractivity contribution < 1.29 is 0 Å². The number of rotatable bonds is 9. The first-order valence-corrected chi connectivity index (χ1v) is 11.1. The Labute approximate surface area is 189 Å². The normalized spacial score (nSPS) is 10.6. The molecule has 0 atom stereocenters. The first kappa shape index (κ1) is 21.3. The summed E-state index contributed by atoms with van der Waals surface area (Å²) < 4.78 is 2.18. The largest absolute Gasteiger partial charge is 0.350 e. The molecule has 4 aromatic rings. The van der Waals surface area contributed by atoms with Crippen molar-refractivity contribution in [2.75, 3.05) is 5.32 Å². The SMILES string of the molecule is CCCCc1nnc(NCc2ccccc2)n1Cc1ccc(-c2ccccc2C#N)cc1. The number of hydrogen-bond acceptors (Lipinski definition) is 4. The van der Waals surface area contributed by atoms with Gasteiger partial charge in [0.25, 0.3) is 0 Å². The second kappa shape index (κ2) is 10.4. The molecule has 0 fully saturated rings. The maximum atomic E-state index is 9.40. The minimum absolute atomic E-state index is 0.688. The molecule has 1 heterocycles. The van der Waals surface area contributed by atoms with E-state index in [1.165, 1.54) is 11.1 Å². The average molecular weight is 422 g/mol. The summed E-state index contributed by atoms with van der Waals surface area (Å²) in [6, 6.07) is 28.7. The summed E-state index contributed by atoms with van der Waals surface area (Å²) in [4.78, 5) is 0. The number of nitrogens with one attached hydrogen (secondary N) is 1. The first-order chi connectivity index (χ1) is 15.8. The predicted octanol–water partition coefficient (Wildman–Crippen LogP) is 5.82. The molecule has 0 saturated heterocycles. The molecule has 0 amide bonds. The Morgan fingerprint density at radius 3 is 2.38 bits per heavy atom. The summed E-state index contributed by atoms with van der Waals surface area (Å²) >= 11 is 0. The molecule has 0 aliphatic heterocycles. The summed E-state index contributed by atoms with van der Waals surface area (Å²) in [7, 11) is 0. The summed E-state index contributed by atoms with van der Waals surface area (Å²) in [6.45, 7) is 3.59. The van der Waals surface area contributed by atoms with Gasteiger partial charge < -0.3 is 5.32 Å². The predicted molar refractivity (Wildman–Crippen MR) is 128 cm³/mol. The Balaban J connectivity index is 1.55. The monoisotopic (exact) mass is 421 g/mol. The van der Waals surface area contributed by atoms with Gasteiger partial charge >= 0.3 is 0 Å². The van der Waals surface area contributed by atoms with Crippen molar-refractivity contribution in [1.82, 2.24) is 14.8 Å². The molecule has 0 aliphatic rings. The van der Waals surface area contributed by atoms with E-state index in [4.69, 9.17) is 0 Å². The molecule has 160 valence electrons. The van der Waals surface area contributed by atoms with Crippen LogP contribution in [0.2, 0.25) is 0 Å². The Morgan fingerprint density at radius 2 is 1.62 bits per heavy atom. The van der Waals surface area contributed by atoms with Crippen LogP contribution < -0.4 is 5.32 Å². The van der Waals surface area contributed by atoms with Gasteiger partial charge in [0.05, 0.1) is 18.2 Å². The fourth-order valence-electron chi connectivity index (χ4n) is 3.73. The van der Waals surface area contributed by atoms with Gasteiger partial charge in [-0.25, -0.2) is 0 Å². The molecule has 4 rings (SSSR count). The van der Waals surface area contributed by atoms with Crippen molar-refractivity contribution in [2.45, 2.75) is 39.3 Å². The maximum absolute atomic E-state index is 9.40. The Bertz CT molecular complexity index is 1190. The Hall–Kier alpha value is -3.91. The number of hydrogen-bond donors (Lipinski definition) is 1. The number of unbranched alkanes of at least 4 members (excludes halogenated alkanes) is 1. The van der Waals surface area contributed by atoms with Gasteiger partial charge in [0.1, 0.15) is 5.82 Å². The molecule has 5 heteroatoms. The van der Waals surface area contributed by atoms with E-state index in [0.29, 0.717) is 18.7 Å². The molecule has 0 spiro atoms. The molecular formula is C27H27N5. The zero-order chi connectivity index (χ0) is 22.2. The average Bonchev–Trinajstić information content (AvgIpc) is 3.23. The third kappa shape index (κ3) is 5.04. The Kier molecular flexibility index (Phi) is 6.94. The van der Waals surface area contributed by atoms with Gasteiger partial charge in [-0.2, -0.15) is 5.26 Å². The lowest BCUT2D eigenvalue weighted by atomic mass is 9.99. The zero-order valence-corrected chi connectivity index (χ0v) is 18.3. The van der Waals surface area contributed by atoms with Crippen LogP contribution in [0.15, 0.2) is 78.9 Å². The van der Waals surface area contributed by atoms with Gasteiger partial charge in [0.15, 0.2) is 0 Å². The van der Waals surface area contributed by atoms with Gasteiger partial charge in [-0.1, -0.05) is 86.1 Å². The second-order valence-electron chi connectivity index (χ2n) is 7.82. The van der Waals surface area contributed by atoms with Crippen molar-refractivity contribution in [1.29, 1.82) is 5.26 Å². The van der Waals surface area contributed by atoms with Crippen LogP contribution in [-0.4, -0.2) is 14.8 Å². The van der Waals surface area contributed by atoms with Crippen LogP contribution in [0.3, 0.4) is 0 Å². The topological polar surface area (TPSA) is 66.5 Å². The minimum atomic E-state index is 0.688. The van der Waals surface area contributed by atoms with Crippen molar-refractivity contribution in [2.24, 2.45) is 0 Å². The van der Waals surface area contributed by atoms with Gasteiger partial charge in [-0.3, -0.25) is 4.57 Å². The molecule has 0 aliphatic carbocycles. The molecule has 0 unspecified atom stereocenters. The van der Waals surface area contributed by atoms with E-state index in [-0.39, 0.29) is 0 Å². The van der Waals surface area contributed by atoms with Crippen LogP contribution in [0.5, 0.6) is 0 Å². The molecule has 32 heavy (non-hydrogen) atoms. The highest BCUT2D eigenvalue weighted by Crippen LogP contribution is 2.24. The molecule has 0 bridgehead atoms. The summed E-state index contributed by atoms with van der Waals surface area (Å²) in [5.41, 5.74) is 5.07. The van der Waals surface area contributed by atoms with Gasteiger partial charge in [-0.05, 0) is 34.7 Å². The number of benzene rings is 3. The summed E-state index contributed by atoms with van der Waals surface area (Å²) in [5, 5.41) is 21.7. The maximum Gasteiger partial charge on any atom is 0.225 e. The minimum Gasteiger partial charge on any atom is -0.350 e. The van der Waals surface area contributed by atoms with E-state index in [1.54, 1.807) is 0 Å². The van der Waals surface area contributed by atoms with E-state index in [1.807, 2.05) is 42.5 Å². The van der Waals surface area contributed by atoms with E-state index in [0.717, 1.165) is 42.2 Å². The highest BCUT2D eigenvalue weighted by Gasteiger charge is 2.13. The van der Waals surface area contributed by atoms with Crippen LogP contribution in [0.25, 0.3) is 11.1 Å². The molecule has 1 N–H and O–H groups in total. The van der Waals surface area contributed by atoms with Crippen LogP contribution >= 0.6 is 0 Å². The molecule has 1 aromatic heterocycles. The first-order valence-electron chi connectivity index (χ1n) is 11.1. The molecule has 0 radical (unpaired) electrons. The highest BCUT2D eigenvalue weighted by molar-refractivity contribution is 5.70. The Morgan fingerprint density at radius 1 is 0.875 bits per heavy atom. The van der Waals surface area contributed by atoms with Gasteiger partial charge in [0, 0.05) is 13.0 Å². The third-order valence-electron chi connectivity index (χ3n) is 5.53. The third-order valence-corrected chi connectivity index (χ3v) is 5.53. The second-order valence-corrected chi connectivity index (χ2v) is 7.82.